The van der Waals surface area contributed by atoms with Gasteiger partial charge in [0.05, 0.1) is 18.1 Å². The van der Waals surface area contributed by atoms with Crippen LogP contribution in [0, 0.1) is 29.1 Å². The summed E-state index contributed by atoms with van der Waals surface area (Å²) in [5, 5.41) is 21.5. The van der Waals surface area contributed by atoms with Crippen LogP contribution < -0.4 is 0 Å². The van der Waals surface area contributed by atoms with Crippen molar-refractivity contribution in [2.45, 2.75) is 71.9 Å². The molecule has 2 saturated carbocycles. The monoisotopic (exact) mass is 366 g/mol. The first-order valence-corrected chi connectivity index (χ1v) is 9.53. The summed E-state index contributed by atoms with van der Waals surface area (Å²) in [6.07, 6.45) is 0.0130. The van der Waals surface area contributed by atoms with Crippen molar-refractivity contribution in [1.29, 1.82) is 0 Å². The molecule has 6 heteroatoms. The van der Waals surface area contributed by atoms with Crippen LogP contribution in [-0.2, 0) is 19.1 Å². The molecule has 1 heterocycles. The summed E-state index contributed by atoms with van der Waals surface area (Å²) in [4.78, 5) is 24.6. The molecule has 3 fully saturated rings. The normalized spacial score (nSPS) is 48.4. The Morgan fingerprint density at radius 1 is 1.27 bits per heavy atom. The van der Waals surface area contributed by atoms with E-state index in [0.29, 0.717) is 18.4 Å². The molecule has 0 unspecified atom stereocenters. The third-order valence-corrected chi connectivity index (χ3v) is 7.11. The number of carbonyl (C=O) groups is 2. The zero-order valence-corrected chi connectivity index (χ0v) is 16.1. The van der Waals surface area contributed by atoms with Gasteiger partial charge in [-0.25, -0.2) is 4.79 Å². The van der Waals surface area contributed by atoms with Gasteiger partial charge in [-0.2, -0.15) is 0 Å². The Kier molecular flexibility index (Phi) is 4.95. The van der Waals surface area contributed by atoms with Gasteiger partial charge in [-0.15, -0.1) is 0 Å². The Morgan fingerprint density at radius 3 is 2.54 bits per heavy atom. The molecule has 9 atom stereocenters. The van der Waals surface area contributed by atoms with Crippen LogP contribution in [0.25, 0.3) is 0 Å². The molecule has 3 rings (SSSR count). The number of carbonyl (C=O) groups excluding carboxylic acids is 2. The van der Waals surface area contributed by atoms with Crippen LogP contribution in [0.1, 0.15) is 47.5 Å². The molecule has 1 saturated heterocycles. The van der Waals surface area contributed by atoms with E-state index < -0.39 is 41.7 Å². The molecule has 146 valence electrons. The predicted octanol–water partition coefficient (Wildman–Crippen LogP) is 1.83. The van der Waals surface area contributed by atoms with E-state index in [4.69, 9.17) is 9.47 Å². The van der Waals surface area contributed by atoms with Crippen LogP contribution in [0.4, 0.5) is 0 Å². The number of aliphatic hydroxyl groups excluding tert-OH is 2. The molecule has 2 aliphatic carbocycles. The number of aliphatic hydroxyl groups is 2. The topological polar surface area (TPSA) is 93.1 Å². The zero-order chi connectivity index (χ0) is 19.4. The van der Waals surface area contributed by atoms with Gasteiger partial charge in [0.1, 0.15) is 12.2 Å². The number of hydrogen-bond acceptors (Lipinski definition) is 6. The van der Waals surface area contributed by atoms with Crippen molar-refractivity contribution in [3.05, 3.63) is 11.6 Å². The van der Waals surface area contributed by atoms with E-state index in [0.717, 1.165) is 0 Å². The van der Waals surface area contributed by atoms with Crippen molar-refractivity contribution in [3.8, 4) is 0 Å². The van der Waals surface area contributed by atoms with Crippen LogP contribution in [0.5, 0.6) is 0 Å². The lowest BCUT2D eigenvalue weighted by Crippen LogP contribution is -2.50. The maximum absolute atomic E-state index is 12.4. The maximum Gasteiger partial charge on any atom is 0.333 e. The van der Waals surface area contributed by atoms with E-state index in [-0.39, 0.29) is 23.7 Å². The van der Waals surface area contributed by atoms with Gasteiger partial charge in [0.2, 0.25) is 0 Å². The third-order valence-electron chi connectivity index (χ3n) is 7.11. The van der Waals surface area contributed by atoms with Crippen LogP contribution in [0.2, 0.25) is 0 Å². The number of esters is 2. The first kappa shape index (κ1) is 19.4. The lowest BCUT2D eigenvalue weighted by Gasteiger charge is -2.42. The second kappa shape index (κ2) is 6.64. The van der Waals surface area contributed by atoms with Crippen molar-refractivity contribution in [1.82, 2.24) is 0 Å². The van der Waals surface area contributed by atoms with E-state index in [1.165, 1.54) is 0 Å². The van der Waals surface area contributed by atoms with Crippen molar-refractivity contribution < 1.29 is 29.3 Å². The zero-order valence-electron chi connectivity index (χ0n) is 16.1. The van der Waals surface area contributed by atoms with E-state index in [1.54, 1.807) is 26.8 Å². The first-order valence-electron chi connectivity index (χ1n) is 9.53. The standard InChI is InChI=1S/C20H30O6/c1-6-9(2)18(23)25-14-8-13(22)16-10(3)7-12(21)15-11(4)19(24)26-17(15)20(14,16)5/h6,10-17,21-22H,7-8H2,1-5H3/b9-6+/t10-,11+,12-,13+,14-,15-,16-,17+,20-/m1/s1. The van der Waals surface area contributed by atoms with Gasteiger partial charge in [0.25, 0.3) is 0 Å². The molecule has 0 aromatic heterocycles. The predicted molar refractivity (Wildman–Crippen MR) is 93.9 cm³/mol. The molecule has 0 amide bonds. The molecule has 26 heavy (non-hydrogen) atoms. The van der Waals surface area contributed by atoms with Gasteiger partial charge in [-0.05, 0) is 26.2 Å². The van der Waals surface area contributed by atoms with Gasteiger partial charge < -0.3 is 19.7 Å². The molecule has 0 radical (unpaired) electrons. The Bertz CT molecular complexity index is 628. The minimum atomic E-state index is -0.731. The third kappa shape index (κ3) is 2.69. The molecule has 3 aliphatic rings. The average Bonchev–Trinajstić information content (AvgIpc) is 2.98. The lowest BCUT2D eigenvalue weighted by molar-refractivity contribution is -0.167. The SMILES string of the molecule is C/C=C(\C)C(=O)O[C@@H]1C[C@H](O)[C@H]2[C@H](C)C[C@@H](O)[C@H]3[C@H](C)C(=O)O[C@@H]3[C@@]21C. The average molecular weight is 366 g/mol. The molecule has 1 aliphatic heterocycles. The summed E-state index contributed by atoms with van der Waals surface area (Å²) in [7, 11) is 0. The van der Waals surface area contributed by atoms with Gasteiger partial charge in [0, 0.05) is 29.2 Å². The Morgan fingerprint density at radius 2 is 1.92 bits per heavy atom. The minimum Gasteiger partial charge on any atom is -0.461 e. The van der Waals surface area contributed by atoms with E-state index in [1.807, 2.05) is 13.8 Å². The van der Waals surface area contributed by atoms with Gasteiger partial charge in [0.15, 0.2) is 0 Å². The fraction of sp³-hybridized carbons (Fsp3) is 0.800. The van der Waals surface area contributed by atoms with Crippen molar-refractivity contribution >= 4 is 11.9 Å². The highest BCUT2D eigenvalue weighted by molar-refractivity contribution is 5.87. The fourth-order valence-electron chi connectivity index (χ4n) is 5.62. The van der Waals surface area contributed by atoms with E-state index in [2.05, 4.69) is 0 Å². The number of ether oxygens (including phenoxy) is 2. The smallest absolute Gasteiger partial charge is 0.333 e. The van der Waals surface area contributed by atoms with Crippen molar-refractivity contribution in [2.75, 3.05) is 0 Å². The Labute approximate surface area is 154 Å². The van der Waals surface area contributed by atoms with Gasteiger partial charge in [-0.1, -0.05) is 26.8 Å². The molecule has 2 N–H and O–H groups in total. The van der Waals surface area contributed by atoms with Crippen LogP contribution in [-0.4, -0.2) is 46.6 Å². The summed E-state index contributed by atoms with van der Waals surface area (Å²) in [5.74, 6) is -1.71. The molecule has 0 aromatic rings. The summed E-state index contributed by atoms with van der Waals surface area (Å²) < 4.78 is 11.5. The first-order chi connectivity index (χ1) is 12.1. The largest absolute Gasteiger partial charge is 0.461 e. The lowest BCUT2D eigenvalue weighted by atomic mass is 9.67. The molecule has 6 nitrogen and oxygen atoms in total. The maximum atomic E-state index is 12.4. The summed E-state index contributed by atoms with van der Waals surface area (Å²) in [6, 6.07) is 0. The summed E-state index contributed by atoms with van der Waals surface area (Å²) >= 11 is 0. The second-order valence-electron chi connectivity index (χ2n) is 8.56. The van der Waals surface area contributed by atoms with Crippen molar-refractivity contribution in [2.24, 2.45) is 29.1 Å². The highest BCUT2D eigenvalue weighted by atomic mass is 16.6. The van der Waals surface area contributed by atoms with E-state index >= 15 is 0 Å². The minimum absolute atomic E-state index is 0.0213. The van der Waals surface area contributed by atoms with Crippen LogP contribution in [0.3, 0.4) is 0 Å². The highest BCUT2D eigenvalue weighted by Crippen LogP contribution is 2.59. The summed E-state index contributed by atoms with van der Waals surface area (Å²) in [5.41, 5.74) is -0.230. The van der Waals surface area contributed by atoms with E-state index in [9.17, 15) is 19.8 Å². The quantitative estimate of drug-likeness (QED) is 0.572. The molecule has 0 spiro atoms. The second-order valence-corrected chi connectivity index (χ2v) is 8.56. The highest BCUT2D eigenvalue weighted by Gasteiger charge is 2.67. The van der Waals surface area contributed by atoms with Gasteiger partial charge >= 0.3 is 11.9 Å². The molecular formula is C20H30O6. The molecule has 0 aromatic carbocycles. The summed E-state index contributed by atoms with van der Waals surface area (Å²) in [6.45, 7) is 9.18. The fourth-order valence-corrected chi connectivity index (χ4v) is 5.62. The van der Waals surface area contributed by atoms with Gasteiger partial charge in [-0.3, -0.25) is 4.79 Å². The van der Waals surface area contributed by atoms with Crippen molar-refractivity contribution in [3.63, 3.8) is 0 Å². The van der Waals surface area contributed by atoms with Crippen LogP contribution in [0.15, 0.2) is 11.6 Å². The molecule has 0 bridgehead atoms. The number of fused-ring (bicyclic) bond motifs is 3. The molecular weight excluding hydrogens is 336 g/mol. The number of allylic oxidation sites excluding steroid dienone is 1. The Balaban J connectivity index is 2.02. The van der Waals surface area contributed by atoms with Crippen LogP contribution >= 0.6 is 0 Å². The number of rotatable bonds is 2. The Hall–Kier alpha value is -1.40. The number of hydrogen-bond donors (Lipinski definition) is 2.